The van der Waals surface area contributed by atoms with Crippen LogP contribution < -0.4 is 4.90 Å². The first kappa shape index (κ1) is 14.5. The van der Waals surface area contributed by atoms with E-state index in [9.17, 15) is 0 Å². The Balaban J connectivity index is 0.000000921. The van der Waals surface area contributed by atoms with Crippen LogP contribution in [0, 0.1) is 11.8 Å². The Labute approximate surface area is 95.3 Å². The quantitative estimate of drug-likeness (QED) is 0.692. The normalized spacial score (nSPS) is 25.3. The van der Waals surface area contributed by atoms with Gasteiger partial charge in [-0.2, -0.15) is 0 Å². The first-order chi connectivity index (χ1) is 7.38. The Morgan fingerprint density at radius 1 is 1.20 bits per heavy atom. The molecule has 0 radical (unpaired) electrons. The lowest BCUT2D eigenvalue weighted by Crippen LogP contribution is -3.16. The SMILES string of the molecule is CCCCC1CCCC[NH+]1CCC.[C-]#N. The smallest absolute Gasteiger partial charge is 0.0874 e. The van der Waals surface area contributed by atoms with E-state index in [1.807, 2.05) is 4.90 Å². The summed E-state index contributed by atoms with van der Waals surface area (Å²) in [6.45, 7) is 12.2. The number of quaternary nitrogens is 1. The first-order valence-electron chi connectivity index (χ1n) is 6.45. The van der Waals surface area contributed by atoms with Gasteiger partial charge in [0.1, 0.15) is 0 Å². The van der Waals surface area contributed by atoms with E-state index in [1.165, 1.54) is 58.0 Å². The predicted octanol–water partition coefficient (Wildman–Crippen LogP) is 2.12. The highest BCUT2D eigenvalue weighted by molar-refractivity contribution is 4.61. The Bertz CT molecular complexity index is 152. The van der Waals surface area contributed by atoms with Crippen LogP contribution in [0.3, 0.4) is 0 Å². The number of likely N-dealkylation sites (tertiary alicyclic amines) is 1. The van der Waals surface area contributed by atoms with E-state index in [1.54, 1.807) is 0 Å². The van der Waals surface area contributed by atoms with Gasteiger partial charge in [0.25, 0.3) is 0 Å². The van der Waals surface area contributed by atoms with Gasteiger partial charge >= 0.3 is 0 Å². The molecule has 2 nitrogen and oxygen atoms in total. The topological polar surface area (TPSA) is 28.2 Å². The van der Waals surface area contributed by atoms with Gasteiger partial charge in [0.2, 0.25) is 0 Å². The summed E-state index contributed by atoms with van der Waals surface area (Å²) in [6.07, 6.45) is 10.1. The summed E-state index contributed by atoms with van der Waals surface area (Å²) in [6, 6.07) is 1.01. The number of hydrogen-bond donors (Lipinski definition) is 1. The minimum atomic E-state index is 1.01. The maximum atomic E-state index is 6.25. The van der Waals surface area contributed by atoms with E-state index < -0.39 is 0 Å². The number of hydrogen-bond acceptors (Lipinski definition) is 1. The summed E-state index contributed by atoms with van der Waals surface area (Å²) in [4.78, 5) is 1.90. The van der Waals surface area contributed by atoms with Crippen LogP contribution in [-0.2, 0) is 0 Å². The summed E-state index contributed by atoms with van der Waals surface area (Å²) in [5, 5.41) is 6.25. The number of rotatable bonds is 5. The van der Waals surface area contributed by atoms with Gasteiger partial charge in [-0.3, -0.25) is 0 Å². The molecular weight excluding hydrogens is 184 g/mol. The molecule has 1 heterocycles. The van der Waals surface area contributed by atoms with Crippen LogP contribution in [0.15, 0.2) is 0 Å². The summed E-state index contributed by atoms with van der Waals surface area (Å²) in [5.74, 6) is 0. The molecule has 15 heavy (non-hydrogen) atoms. The van der Waals surface area contributed by atoms with Crippen molar-refractivity contribution in [3.05, 3.63) is 6.57 Å². The van der Waals surface area contributed by atoms with Crippen LogP contribution in [0.1, 0.15) is 58.8 Å². The van der Waals surface area contributed by atoms with Gasteiger partial charge in [-0.05, 0) is 38.5 Å². The van der Waals surface area contributed by atoms with Crippen LogP contribution in [0.25, 0.3) is 0 Å². The average Bonchev–Trinajstić information content (AvgIpc) is 2.31. The second kappa shape index (κ2) is 9.98. The number of nitrogens with zero attached hydrogens (tertiary/aromatic N) is 1. The third-order valence-corrected chi connectivity index (χ3v) is 3.36. The van der Waals surface area contributed by atoms with Crippen LogP contribution in [-0.4, -0.2) is 19.1 Å². The standard InChI is InChI=1S/C12H25N.CN/c1-3-5-8-12-9-6-7-11-13(12)10-4-2;1-2/h12H,3-11H2,1-2H3;/q;-1/p+1. The van der Waals surface area contributed by atoms with Crippen molar-refractivity contribution in [2.24, 2.45) is 0 Å². The van der Waals surface area contributed by atoms with Crippen molar-refractivity contribution in [1.29, 1.82) is 5.26 Å². The lowest BCUT2D eigenvalue weighted by Gasteiger charge is -2.32. The van der Waals surface area contributed by atoms with Gasteiger partial charge in [0.15, 0.2) is 0 Å². The van der Waals surface area contributed by atoms with Gasteiger partial charge in [-0.15, -0.1) is 0 Å². The molecule has 2 atom stereocenters. The maximum absolute atomic E-state index is 6.25. The van der Waals surface area contributed by atoms with Crippen molar-refractivity contribution in [2.75, 3.05) is 13.1 Å². The van der Waals surface area contributed by atoms with Gasteiger partial charge in [0, 0.05) is 0 Å². The fourth-order valence-corrected chi connectivity index (χ4v) is 2.60. The highest BCUT2D eigenvalue weighted by Crippen LogP contribution is 2.09. The fraction of sp³-hybridized carbons (Fsp3) is 0.923. The fourth-order valence-electron chi connectivity index (χ4n) is 2.60. The number of nitrogens with one attached hydrogen (secondary N) is 1. The third-order valence-electron chi connectivity index (χ3n) is 3.36. The van der Waals surface area contributed by atoms with E-state index in [-0.39, 0.29) is 0 Å². The molecule has 0 bridgehead atoms. The molecule has 0 aliphatic carbocycles. The molecule has 0 aromatic heterocycles. The predicted molar refractivity (Wildman–Crippen MR) is 63.1 cm³/mol. The molecule has 1 N–H and O–H groups in total. The first-order valence-corrected chi connectivity index (χ1v) is 6.45. The molecule has 0 aromatic rings. The molecule has 1 aliphatic heterocycles. The summed E-state index contributed by atoms with van der Waals surface area (Å²) < 4.78 is 0. The van der Waals surface area contributed by atoms with Gasteiger partial charge in [0.05, 0.1) is 19.1 Å². The maximum Gasteiger partial charge on any atom is 0.0874 e. The molecule has 1 rings (SSSR count). The molecule has 2 unspecified atom stereocenters. The molecule has 88 valence electrons. The molecule has 2 heteroatoms. The lowest BCUT2D eigenvalue weighted by atomic mass is 9.97. The minimum absolute atomic E-state index is 1.01. The Morgan fingerprint density at radius 3 is 2.53 bits per heavy atom. The Morgan fingerprint density at radius 2 is 1.93 bits per heavy atom. The highest BCUT2D eigenvalue weighted by Gasteiger charge is 2.24. The second-order valence-electron chi connectivity index (χ2n) is 4.49. The lowest BCUT2D eigenvalue weighted by molar-refractivity contribution is -0.931. The molecule has 0 aromatic carbocycles. The van der Waals surface area contributed by atoms with E-state index in [2.05, 4.69) is 13.8 Å². The summed E-state index contributed by atoms with van der Waals surface area (Å²) >= 11 is 0. The Kier molecular flexibility index (Phi) is 9.62. The molecule has 0 spiro atoms. The largest absolute Gasteiger partial charge is 0.512 e. The van der Waals surface area contributed by atoms with Crippen molar-refractivity contribution >= 4 is 0 Å². The second-order valence-corrected chi connectivity index (χ2v) is 4.49. The minimum Gasteiger partial charge on any atom is -0.512 e. The molecule has 1 fully saturated rings. The zero-order valence-electron chi connectivity index (χ0n) is 10.4. The van der Waals surface area contributed by atoms with Crippen molar-refractivity contribution < 1.29 is 4.90 Å². The molecule has 1 saturated heterocycles. The van der Waals surface area contributed by atoms with E-state index >= 15 is 0 Å². The van der Waals surface area contributed by atoms with E-state index in [0.29, 0.717) is 0 Å². The zero-order chi connectivity index (χ0) is 11.5. The average molecular weight is 210 g/mol. The van der Waals surface area contributed by atoms with E-state index in [4.69, 9.17) is 11.8 Å². The van der Waals surface area contributed by atoms with Crippen molar-refractivity contribution in [3.63, 3.8) is 0 Å². The summed E-state index contributed by atoms with van der Waals surface area (Å²) in [7, 11) is 0. The van der Waals surface area contributed by atoms with Crippen molar-refractivity contribution in [1.82, 2.24) is 0 Å². The van der Waals surface area contributed by atoms with Crippen LogP contribution >= 0.6 is 0 Å². The van der Waals surface area contributed by atoms with Crippen LogP contribution in [0.5, 0.6) is 0 Å². The molecule has 0 saturated carbocycles. The third kappa shape index (κ3) is 5.79. The molecule has 1 aliphatic rings. The molecular formula is C13H26N2. The molecule has 0 amide bonds. The van der Waals surface area contributed by atoms with Crippen molar-refractivity contribution in [3.8, 4) is 0 Å². The summed E-state index contributed by atoms with van der Waals surface area (Å²) in [5.41, 5.74) is 0. The van der Waals surface area contributed by atoms with Gasteiger partial charge < -0.3 is 16.7 Å². The van der Waals surface area contributed by atoms with Gasteiger partial charge in [-0.1, -0.05) is 20.3 Å². The monoisotopic (exact) mass is 210 g/mol. The Hall–Kier alpha value is -0.550. The number of unbranched alkanes of at least 4 members (excludes halogenated alkanes) is 1. The van der Waals surface area contributed by atoms with Crippen LogP contribution in [0.4, 0.5) is 0 Å². The van der Waals surface area contributed by atoms with Crippen molar-refractivity contribution in [2.45, 2.75) is 64.8 Å². The van der Waals surface area contributed by atoms with Crippen LogP contribution in [0.2, 0.25) is 0 Å². The highest BCUT2D eigenvalue weighted by atomic mass is 15.2. The number of piperidine rings is 1. The van der Waals surface area contributed by atoms with Gasteiger partial charge in [-0.25, -0.2) is 0 Å². The zero-order valence-corrected chi connectivity index (χ0v) is 10.4. The van der Waals surface area contributed by atoms with E-state index in [0.717, 1.165) is 6.04 Å².